The van der Waals surface area contributed by atoms with Crippen LogP contribution in [0.15, 0.2) is 12.2 Å². The van der Waals surface area contributed by atoms with Crippen LogP contribution < -0.4 is 10.2 Å². The molecule has 33 heavy (non-hydrogen) atoms. The van der Waals surface area contributed by atoms with Gasteiger partial charge in [0.1, 0.15) is 13.2 Å². The summed E-state index contributed by atoms with van der Waals surface area (Å²) in [4.78, 5) is 24.5. The number of carbonyl (C=O) groups excluding carboxylic acids is 1. The molecule has 0 saturated heterocycles. The van der Waals surface area contributed by atoms with Crippen LogP contribution in [-0.4, -0.2) is 68.5 Å². The van der Waals surface area contributed by atoms with Gasteiger partial charge in [-0.15, -0.1) is 0 Å². The molecule has 0 aromatic carbocycles. The number of likely N-dealkylation sites (N-methyl/N-ethyl adjacent to an activating group) is 1. The quantitative estimate of drug-likeness (QED) is 0.109. The van der Waals surface area contributed by atoms with Crippen LogP contribution in [0.5, 0.6) is 0 Å². The number of amides is 1. The van der Waals surface area contributed by atoms with Crippen molar-refractivity contribution >= 4 is 13.7 Å². The lowest BCUT2D eigenvalue weighted by molar-refractivity contribution is -0.870. The molecule has 0 radical (unpaired) electrons. The second-order valence-corrected chi connectivity index (χ2v) is 11.1. The fraction of sp³-hybridized carbons (Fsp3) is 0.875. The summed E-state index contributed by atoms with van der Waals surface area (Å²) in [6.07, 6.45) is 13.2. The van der Waals surface area contributed by atoms with E-state index >= 15 is 0 Å². The summed E-state index contributed by atoms with van der Waals surface area (Å²) in [6.45, 7) is 4.40. The number of aliphatic hydroxyl groups is 1. The standard InChI is InChI=1S/C24H49N2O6P/c1-6-8-10-12-14-16-18-24(28)25-22(23(27)17-15-13-11-9-7-2)21-32-33(29,30)31-20-19-26(3,4)5/h15,17,22-23,27H,6-14,16,18-21H2,1-5H3,(H-,25,28,29,30)/b17-15+. The lowest BCUT2D eigenvalue weighted by atomic mass is 10.1. The Morgan fingerprint density at radius 3 is 2.27 bits per heavy atom. The first-order valence-corrected chi connectivity index (χ1v) is 14.0. The van der Waals surface area contributed by atoms with Crippen LogP contribution in [0.3, 0.4) is 0 Å². The molecule has 0 heterocycles. The van der Waals surface area contributed by atoms with Crippen molar-refractivity contribution in [1.82, 2.24) is 5.32 Å². The molecule has 0 bridgehead atoms. The largest absolute Gasteiger partial charge is 0.756 e. The molecular formula is C24H49N2O6P. The van der Waals surface area contributed by atoms with E-state index in [0.29, 0.717) is 17.4 Å². The van der Waals surface area contributed by atoms with Crippen LogP contribution in [0.25, 0.3) is 0 Å². The van der Waals surface area contributed by atoms with E-state index in [2.05, 4.69) is 19.2 Å². The average Bonchev–Trinajstić information content (AvgIpc) is 2.72. The Morgan fingerprint density at radius 1 is 1.03 bits per heavy atom. The summed E-state index contributed by atoms with van der Waals surface area (Å²) < 4.78 is 22.6. The molecular weight excluding hydrogens is 443 g/mol. The third kappa shape index (κ3) is 20.3. The van der Waals surface area contributed by atoms with Crippen molar-refractivity contribution in [2.75, 3.05) is 40.9 Å². The van der Waals surface area contributed by atoms with Gasteiger partial charge in [0.05, 0.1) is 39.9 Å². The van der Waals surface area contributed by atoms with Gasteiger partial charge in [-0.1, -0.05) is 70.9 Å². The maximum atomic E-state index is 12.4. The summed E-state index contributed by atoms with van der Waals surface area (Å²) in [5.74, 6) is -0.218. The van der Waals surface area contributed by atoms with Gasteiger partial charge in [-0.05, 0) is 19.3 Å². The molecule has 3 unspecified atom stereocenters. The van der Waals surface area contributed by atoms with Gasteiger partial charge >= 0.3 is 0 Å². The van der Waals surface area contributed by atoms with Crippen LogP contribution in [0.1, 0.15) is 84.5 Å². The van der Waals surface area contributed by atoms with Crippen molar-refractivity contribution in [3.63, 3.8) is 0 Å². The number of aliphatic hydroxyl groups excluding tert-OH is 1. The maximum Gasteiger partial charge on any atom is 0.268 e. The lowest BCUT2D eigenvalue weighted by Crippen LogP contribution is -2.45. The van der Waals surface area contributed by atoms with Crippen LogP contribution in [0, 0.1) is 0 Å². The fourth-order valence-corrected chi connectivity index (χ4v) is 3.81. The number of hydrogen-bond donors (Lipinski definition) is 2. The molecule has 0 aliphatic heterocycles. The second kappa shape index (κ2) is 18.6. The minimum absolute atomic E-state index is 0.000774. The number of nitrogens with one attached hydrogen (secondary N) is 1. The Hall–Kier alpha value is -0.760. The van der Waals surface area contributed by atoms with E-state index < -0.39 is 20.0 Å². The summed E-state index contributed by atoms with van der Waals surface area (Å²) in [6, 6.07) is -0.871. The Morgan fingerprint density at radius 2 is 1.64 bits per heavy atom. The van der Waals surface area contributed by atoms with E-state index in [4.69, 9.17) is 9.05 Å². The van der Waals surface area contributed by atoms with Gasteiger partial charge in [-0.3, -0.25) is 9.36 Å². The number of nitrogens with zero attached hydrogens (tertiary/aromatic N) is 1. The summed E-state index contributed by atoms with van der Waals surface area (Å²) >= 11 is 0. The van der Waals surface area contributed by atoms with Gasteiger partial charge in [0, 0.05) is 6.42 Å². The first-order chi connectivity index (χ1) is 15.5. The highest BCUT2D eigenvalue weighted by atomic mass is 31.2. The van der Waals surface area contributed by atoms with Crippen molar-refractivity contribution in [3.8, 4) is 0 Å². The van der Waals surface area contributed by atoms with Crippen LogP contribution >= 0.6 is 7.82 Å². The summed E-state index contributed by atoms with van der Waals surface area (Å²) in [5, 5.41) is 13.3. The van der Waals surface area contributed by atoms with E-state index in [9.17, 15) is 19.4 Å². The molecule has 8 nitrogen and oxygen atoms in total. The van der Waals surface area contributed by atoms with E-state index in [1.807, 2.05) is 27.2 Å². The molecule has 0 spiro atoms. The van der Waals surface area contributed by atoms with Crippen molar-refractivity contribution < 1.29 is 32.9 Å². The molecule has 1 amide bonds. The molecule has 0 aromatic rings. The number of carbonyl (C=O) groups is 1. The van der Waals surface area contributed by atoms with Crippen LogP contribution in [0.2, 0.25) is 0 Å². The van der Waals surface area contributed by atoms with Crippen molar-refractivity contribution in [1.29, 1.82) is 0 Å². The normalized spacial score (nSPS) is 16.0. The topological polar surface area (TPSA) is 108 Å². The zero-order valence-corrected chi connectivity index (χ0v) is 22.5. The van der Waals surface area contributed by atoms with Gasteiger partial charge in [0.2, 0.25) is 5.91 Å². The Bertz CT molecular complexity index is 580. The van der Waals surface area contributed by atoms with Crippen molar-refractivity contribution in [2.45, 2.75) is 96.6 Å². The van der Waals surface area contributed by atoms with Gasteiger partial charge in [-0.25, -0.2) is 0 Å². The maximum absolute atomic E-state index is 12.4. The molecule has 0 aromatic heterocycles. The van der Waals surface area contributed by atoms with E-state index in [0.717, 1.165) is 44.9 Å². The number of phosphoric acid groups is 1. The van der Waals surface area contributed by atoms with E-state index in [1.165, 1.54) is 19.3 Å². The molecule has 0 rings (SSSR count). The zero-order valence-electron chi connectivity index (χ0n) is 21.6. The number of rotatable bonds is 21. The summed E-state index contributed by atoms with van der Waals surface area (Å²) in [5.41, 5.74) is 0. The number of quaternary nitrogens is 1. The molecule has 0 saturated carbocycles. The molecule has 0 fully saturated rings. The molecule has 3 atom stereocenters. The number of unbranched alkanes of at least 4 members (excludes halogenated alkanes) is 8. The number of phosphoric ester groups is 1. The predicted molar refractivity (Wildman–Crippen MR) is 132 cm³/mol. The number of allylic oxidation sites excluding steroid dienone is 1. The smallest absolute Gasteiger partial charge is 0.268 e. The Kier molecular flexibility index (Phi) is 18.1. The highest BCUT2D eigenvalue weighted by Crippen LogP contribution is 2.38. The molecule has 196 valence electrons. The molecule has 2 N–H and O–H groups in total. The van der Waals surface area contributed by atoms with Crippen molar-refractivity contribution in [2.24, 2.45) is 0 Å². The lowest BCUT2D eigenvalue weighted by Gasteiger charge is -2.29. The molecule has 9 heteroatoms. The fourth-order valence-electron chi connectivity index (χ4n) is 3.09. The van der Waals surface area contributed by atoms with E-state index in [1.54, 1.807) is 6.08 Å². The third-order valence-corrected chi connectivity index (χ3v) is 6.21. The zero-order chi connectivity index (χ0) is 25.2. The monoisotopic (exact) mass is 492 g/mol. The van der Waals surface area contributed by atoms with Gasteiger partial charge in [0.15, 0.2) is 0 Å². The SMILES string of the molecule is CCCCC/C=C/C(O)C(COP(=O)([O-])OCC[N+](C)(C)C)NC(=O)CCCCCCCC. The Balaban J connectivity index is 4.76. The third-order valence-electron chi connectivity index (χ3n) is 5.25. The number of hydrogen-bond acceptors (Lipinski definition) is 6. The predicted octanol–water partition coefficient (Wildman–Crippen LogP) is 3.93. The molecule has 0 aliphatic rings. The highest BCUT2D eigenvalue weighted by molar-refractivity contribution is 7.45. The first kappa shape index (κ1) is 32.2. The highest BCUT2D eigenvalue weighted by Gasteiger charge is 2.23. The minimum atomic E-state index is -4.54. The van der Waals surface area contributed by atoms with Gasteiger partial charge in [0.25, 0.3) is 7.82 Å². The molecule has 0 aliphatic carbocycles. The van der Waals surface area contributed by atoms with Crippen LogP contribution in [0.4, 0.5) is 0 Å². The van der Waals surface area contributed by atoms with E-state index in [-0.39, 0.29) is 19.1 Å². The average molecular weight is 493 g/mol. The second-order valence-electron chi connectivity index (χ2n) is 9.70. The van der Waals surface area contributed by atoms with Crippen molar-refractivity contribution in [3.05, 3.63) is 12.2 Å². The minimum Gasteiger partial charge on any atom is -0.756 e. The first-order valence-electron chi connectivity index (χ1n) is 12.6. The van der Waals surface area contributed by atoms with Gasteiger partial charge < -0.3 is 28.8 Å². The van der Waals surface area contributed by atoms with Gasteiger partial charge in [-0.2, -0.15) is 0 Å². The Labute approximate surface area is 201 Å². The van der Waals surface area contributed by atoms with Crippen LogP contribution in [-0.2, 0) is 18.4 Å². The summed E-state index contributed by atoms with van der Waals surface area (Å²) in [7, 11) is 1.25.